The molecule has 0 aliphatic carbocycles. The van der Waals surface area contributed by atoms with Crippen molar-refractivity contribution < 1.29 is 4.74 Å². The molecule has 2 heterocycles. The van der Waals surface area contributed by atoms with E-state index in [-0.39, 0.29) is 12.4 Å². The minimum atomic E-state index is 0. The fraction of sp³-hybridized carbons (Fsp3) is 0.625. The van der Waals surface area contributed by atoms with E-state index in [4.69, 9.17) is 4.74 Å². The third-order valence-electron chi connectivity index (χ3n) is 4.25. The summed E-state index contributed by atoms with van der Waals surface area (Å²) in [4.78, 5) is 5.00. The van der Waals surface area contributed by atoms with Crippen molar-refractivity contribution in [2.45, 2.75) is 19.5 Å². The summed E-state index contributed by atoms with van der Waals surface area (Å²) in [6.07, 6.45) is 0. The van der Waals surface area contributed by atoms with Crippen LogP contribution < -0.4 is 10.2 Å². The molecule has 1 aromatic rings. The van der Waals surface area contributed by atoms with Crippen LogP contribution in [0, 0.1) is 0 Å². The molecule has 2 fully saturated rings. The predicted molar refractivity (Wildman–Crippen MR) is 97.2 cm³/mol. The largest absolute Gasteiger partial charge is 0.378 e. The summed E-state index contributed by atoms with van der Waals surface area (Å²) in [5.41, 5.74) is 2.79. The molecule has 0 bridgehead atoms. The van der Waals surface area contributed by atoms with E-state index in [2.05, 4.69) is 56.2 Å². The normalized spacial score (nSPS) is 23.2. The second-order valence-electron chi connectivity index (χ2n) is 5.96. The monoisotopic (exact) mass is 389 g/mol. The van der Waals surface area contributed by atoms with Gasteiger partial charge in [-0.15, -0.1) is 12.4 Å². The number of benzene rings is 1. The number of nitrogens with one attached hydrogen (secondary N) is 1. The van der Waals surface area contributed by atoms with E-state index >= 15 is 0 Å². The molecular formula is C16H25BrClN3O. The summed E-state index contributed by atoms with van der Waals surface area (Å²) < 4.78 is 6.64. The molecule has 0 spiro atoms. The molecule has 3 rings (SSSR count). The maximum absolute atomic E-state index is 5.48. The highest BCUT2D eigenvalue weighted by molar-refractivity contribution is 9.10. The number of piperazine rings is 1. The van der Waals surface area contributed by atoms with Gasteiger partial charge in [0.05, 0.1) is 13.2 Å². The van der Waals surface area contributed by atoms with Crippen LogP contribution in [-0.4, -0.2) is 56.9 Å². The van der Waals surface area contributed by atoms with E-state index in [1.807, 2.05) is 0 Å². The number of anilines is 1. The molecule has 0 radical (unpaired) electrons. The molecule has 2 saturated heterocycles. The Morgan fingerprint density at radius 2 is 2.05 bits per heavy atom. The number of ether oxygens (including phenoxy) is 1. The Labute approximate surface area is 147 Å². The molecule has 2 aliphatic heterocycles. The van der Waals surface area contributed by atoms with Gasteiger partial charge in [0, 0.05) is 55.5 Å². The van der Waals surface area contributed by atoms with Gasteiger partial charge in [0.1, 0.15) is 0 Å². The minimum absolute atomic E-state index is 0. The first-order chi connectivity index (χ1) is 10.2. The lowest BCUT2D eigenvalue weighted by Crippen LogP contribution is -2.48. The van der Waals surface area contributed by atoms with E-state index in [9.17, 15) is 0 Å². The molecule has 1 N–H and O–H groups in total. The third-order valence-corrected chi connectivity index (χ3v) is 4.74. The highest BCUT2D eigenvalue weighted by atomic mass is 79.9. The molecule has 0 unspecified atom stereocenters. The van der Waals surface area contributed by atoms with Crippen LogP contribution in [0.2, 0.25) is 0 Å². The summed E-state index contributed by atoms with van der Waals surface area (Å²) in [5.74, 6) is 0. The first kappa shape index (κ1) is 18.0. The minimum Gasteiger partial charge on any atom is -0.378 e. The van der Waals surface area contributed by atoms with Gasteiger partial charge in [-0.1, -0.05) is 22.0 Å². The van der Waals surface area contributed by atoms with Gasteiger partial charge in [0.25, 0.3) is 0 Å². The van der Waals surface area contributed by atoms with Crippen molar-refractivity contribution in [3.05, 3.63) is 28.2 Å². The molecule has 6 heteroatoms. The maximum atomic E-state index is 5.48. The highest BCUT2D eigenvalue weighted by Crippen LogP contribution is 2.27. The van der Waals surface area contributed by atoms with Gasteiger partial charge in [0.2, 0.25) is 0 Å². The lowest BCUT2D eigenvalue weighted by Gasteiger charge is -2.35. The van der Waals surface area contributed by atoms with Gasteiger partial charge >= 0.3 is 0 Å². The van der Waals surface area contributed by atoms with Crippen LogP contribution in [0.15, 0.2) is 22.7 Å². The average molecular weight is 391 g/mol. The van der Waals surface area contributed by atoms with E-state index in [1.54, 1.807) is 0 Å². The fourth-order valence-corrected chi connectivity index (χ4v) is 3.52. The number of rotatable bonds is 3. The van der Waals surface area contributed by atoms with E-state index in [1.165, 1.54) is 11.3 Å². The van der Waals surface area contributed by atoms with Gasteiger partial charge < -0.3 is 15.0 Å². The second-order valence-corrected chi connectivity index (χ2v) is 6.88. The Morgan fingerprint density at radius 1 is 1.27 bits per heavy atom. The van der Waals surface area contributed by atoms with Crippen LogP contribution in [0.5, 0.6) is 0 Å². The molecule has 0 saturated carbocycles. The zero-order chi connectivity index (χ0) is 14.7. The lowest BCUT2D eigenvalue weighted by molar-refractivity contribution is 0.122. The lowest BCUT2D eigenvalue weighted by atomic mass is 10.1. The van der Waals surface area contributed by atoms with Crippen LogP contribution in [-0.2, 0) is 11.3 Å². The number of hydrogen-bond donors (Lipinski definition) is 1. The Kier molecular flexibility index (Phi) is 6.96. The number of hydrogen-bond acceptors (Lipinski definition) is 4. The molecule has 4 nitrogen and oxygen atoms in total. The van der Waals surface area contributed by atoms with Crippen molar-refractivity contribution >= 4 is 34.0 Å². The molecule has 22 heavy (non-hydrogen) atoms. The molecule has 2 aliphatic rings. The van der Waals surface area contributed by atoms with Gasteiger partial charge in [-0.2, -0.15) is 0 Å². The highest BCUT2D eigenvalue weighted by Gasteiger charge is 2.19. The van der Waals surface area contributed by atoms with Crippen LogP contribution in [0.25, 0.3) is 0 Å². The van der Waals surface area contributed by atoms with Gasteiger partial charge in [-0.05, 0) is 24.6 Å². The first-order valence-corrected chi connectivity index (χ1v) is 8.58. The Hall–Kier alpha value is -0.330. The summed E-state index contributed by atoms with van der Waals surface area (Å²) >= 11 is 3.62. The number of morpholine rings is 1. The number of halogens is 2. The van der Waals surface area contributed by atoms with E-state index in [0.29, 0.717) is 6.04 Å². The summed E-state index contributed by atoms with van der Waals surface area (Å²) in [6.45, 7) is 10.3. The van der Waals surface area contributed by atoms with Crippen molar-refractivity contribution in [3.63, 3.8) is 0 Å². The van der Waals surface area contributed by atoms with E-state index in [0.717, 1.165) is 57.0 Å². The Balaban J connectivity index is 0.00000176. The molecular weight excluding hydrogens is 366 g/mol. The fourth-order valence-electron chi connectivity index (χ4n) is 3.17. The van der Waals surface area contributed by atoms with Crippen LogP contribution in [0.4, 0.5) is 5.69 Å². The second kappa shape index (κ2) is 8.50. The molecule has 0 amide bonds. The average Bonchev–Trinajstić information content (AvgIpc) is 2.50. The summed E-state index contributed by atoms with van der Waals surface area (Å²) in [5, 5.41) is 3.51. The first-order valence-electron chi connectivity index (χ1n) is 7.79. The zero-order valence-electron chi connectivity index (χ0n) is 13.1. The molecule has 1 atom stereocenters. The standard InChI is InChI=1S/C16H24BrN3O.ClH/c1-13-11-19(5-4-18-13)12-14-2-3-15(17)10-16(14)20-6-8-21-9-7-20;/h2-3,10,13,18H,4-9,11-12H2,1H3;1H/t13-;/m1./s1. The van der Waals surface area contributed by atoms with Crippen molar-refractivity contribution in [3.8, 4) is 0 Å². The maximum Gasteiger partial charge on any atom is 0.0642 e. The third kappa shape index (κ3) is 4.59. The van der Waals surface area contributed by atoms with Crippen molar-refractivity contribution in [1.29, 1.82) is 0 Å². The van der Waals surface area contributed by atoms with Gasteiger partial charge in [0.15, 0.2) is 0 Å². The zero-order valence-corrected chi connectivity index (χ0v) is 15.5. The van der Waals surface area contributed by atoms with Crippen LogP contribution >= 0.6 is 28.3 Å². The Morgan fingerprint density at radius 3 is 2.77 bits per heavy atom. The quantitative estimate of drug-likeness (QED) is 0.858. The van der Waals surface area contributed by atoms with E-state index < -0.39 is 0 Å². The molecule has 1 aromatic carbocycles. The summed E-state index contributed by atoms with van der Waals surface area (Å²) in [7, 11) is 0. The van der Waals surface area contributed by atoms with Gasteiger partial charge in [-0.3, -0.25) is 4.90 Å². The van der Waals surface area contributed by atoms with Crippen LogP contribution in [0.1, 0.15) is 12.5 Å². The van der Waals surface area contributed by atoms with Crippen molar-refractivity contribution in [1.82, 2.24) is 10.2 Å². The van der Waals surface area contributed by atoms with Gasteiger partial charge in [-0.25, -0.2) is 0 Å². The number of nitrogens with zero attached hydrogens (tertiary/aromatic N) is 2. The van der Waals surface area contributed by atoms with Crippen LogP contribution in [0.3, 0.4) is 0 Å². The molecule has 0 aromatic heterocycles. The Bertz CT molecular complexity index is 482. The van der Waals surface area contributed by atoms with Crippen molar-refractivity contribution in [2.75, 3.05) is 50.8 Å². The smallest absolute Gasteiger partial charge is 0.0642 e. The topological polar surface area (TPSA) is 27.7 Å². The van der Waals surface area contributed by atoms with Crippen molar-refractivity contribution in [2.24, 2.45) is 0 Å². The molecule has 124 valence electrons. The predicted octanol–water partition coefficient (Wildman–Crippen LogP) is 2.50. The SMILES string of the molecule is C[C@@H]1CN(Cc2ccc(Br)cc2N2CCOCC2)CCN1.Cl. The summed E-state index contributed by atoms with van der Waals surface area (Å²) in [6, 6.07) is 7.26.